The molecule has 2 heterocycles. The van der Waals surface area contributed by atoms with Crippen LogP contribution in [0.25, 0.3) is 11.3 Å². The van der Waals surface area contributed by atoms with Crippen LogP contribution < -0.4 is 5.73 Å². The SMILES string of the molecule is NCCCOC1CCN(C(=O)c2cc(-c3ccccc3Cl)n[nH]2)CC1. The molecule has 1 fully saturated rings. The number of piperidine rings is 1. The van der Waals surface area contributed by atoms with E-state index in [2.05, 4.69) is 10.2 Å². The fourth-order valence-electron chi connectivity index (χ4n) is 2.97. The zero-order valence-corrected chi connectivity index (χ0v) is 14.8. The van der Waals surface area contributed by atoms with Crippen LogP contribution in [0.1, 0.15) is 29.8 Å². The molecule has 3 rings (SSSR count). The highest BCUT2D eigenvalue weighted by Crippen LogP contribution is 2.26. The van der Waals surface area contributed by atoms with Crippen molar-refractivity contribution in [1.29, 1.82) is 0 Å². The number of ether oxygens (including phenoxy) is 1. The molecule has 1 aliphatic heterocycles. The first-order chi connectivity index (χ1) is 12.2. The van der Waals surface area contributed by atoms with Gasteiger partial charge in [-0.2, -0.15) is 5.10 Å². The quantitative estimate of drug-likeness (QED) is 0.774. The van der Waals surface area contributed by atoms with E-state index in [9.17, 15) is 4.79 Å². The first kappa shape index (κ1) is 17.9. The van der Waals surface area contributed by atoms with Gasteiger partial charge in [-0.25, -0.2) is 0 Å². The van der Waals surface area contributed by atoms with Gasteiger partial charge in [-0.15, -0.1) is 0 Å². The molecule has 0 bridgehead atoms. The maximum Gasteiger partial charge on any atom is 0.271 e. The van der Waals surface area contributed by atoms with Crippen molar-refractivity contribution in [2.45, 2.75) is 25.4 Å². The van der Waals surface area contributed by atoms with Crippen LogP contribution in [0.4, 0.5) is 0 Å². The lowest BCUT2D eigenvalue weighted by Crippen LogP contribution is -2.41. The number of aromatic amines is 1. The Morgan fingerprint density at radius 1 is 1.36 bits per heavy atom. The Hall–Kier alpha value is -1.89. The van der Waals surface area contributed by atoms with Crippen molar-refractivity contribution < 1.29 is 9.53 Å². The molecule has 1 amide bonds. The minimum Gasteiger partial charge on any atom is -0.378 e. The molecule has 25 heavy (non-hydrogen) atoms. The summed E-state index contributed by atoms with van der Waals surface area (Å²) in [5, 5.41) is 7.69. The van der Waals surface area contributed by atoms with E-state index >= 15 is 0 Å². The number of nitrogens with zero attached hydrogens (tertiary/aromatic N) is 2. The van der Waals surface area contributed by atoms with E-state index in [0.29, 0.717) is 42.7 Å². The van der Waals surface area contributed by atoms with Crippen LogP contribution in [-0.4, -0.2) is 53.3 Å². The number of hydrogen-bond acceptors (Lipinski definition) is 4. The predicted octanol–water partition coefficient (Wildman–Crippen LogP) is 2.70. The number of nitrogens with two attached hydrogens (primary N) is 1. The smallest absolute Gasteiger partial charge is 0.271 e. The molecule has 3 N–H and O–H groups in total. The number of hydrogen-bond donors (Lipinski definition) is 2. The molecule has 1 aromatic heterocycles. The van der Waals surface area contributed by atoms with Crippen molar-refractivity contribution in [3.8, 4) is 11.3 Å². The summed E-state index contributed by atoms with van der Waals surface area (Å²) in [6, 6.07) is 9.21. The fraction of sp³-hybridized carbons (Fsp3) is 0.444. The number of carbonyl (C=O) groups excluding carboxylic acids is 1. The van der Waals surface area contributed by atoms with Gasteiger partial charge in [-0.05, 0) is 37.9 Å². The van der Waals surface area contributed by atoms with Crippen LogP contribution in [0.15, 0.2) is 30.3 Å². The average Bonchev–Trinajstić information content (AvgIpc) is 3.12. The van der Waals surface area contributed by atoms with Crippen LogP contribution >= 0.6 is 11.6 Å². The zero-order chi connectivity index (χ0) is 17.6. The second-order valence-electron chi connectivity index (χ2n) is 6.15. The van der Waals surface area contributed by atoms with Crippen LogP contribution in [-0.2, 0) is 4.74 Å². The van der Waals surface area contributed by atoms with Gasteiger partial charge in [0.1, 0.15) is 5.69 Å². The number of nitrogens with one attached hydrogen (secondary N) is 1. The van der Waals surface area contributed by atoms with Crippen LogP contribution in [0.5, 0.6) is 0 Å². The Balaban J connectivity index is 1.59. The van der Waals surface area contributed by atoms with Crippen LogP contribution in [0, 0.1) is 0 Å². The molecule has 1 saturated heterocycles. The summed E-state index contributed by atoms with van der Waals surface area (Å²) in [6.45, 7) is 2.71. The molecule has 0 atom stereocenters. The molecule has 0 spiro atoms. The van der Waals surface area contributed by atoms with Gasteiger partial charge >= 0.3 is 0 Å². The lowest BCUT2D eigenvalue weighted by Gasteiger charge is -2.31. The maximum atomic E-state index is 12.7. The van der Waals surface area contributed by atoms with Gasteiger partial charge in [0.25, 0.3) is 5.91 Å². The van der Waals surface area contributed by atoms with Crippen molar-refractivity contribution in [3.05, 3.63) is 41.0 Å². The summed E-state index contributed by atoms with van der Waals surface area (Å²) in [7, 11) is 0. The molecular formula is C18H23ClN4O2. The molecule has 7 heteroatoms. The molecule has 0 unspecified atom stereocenters. The Kier molecular flexibility index (Phi) is 6.07. The summed E-state index contributed by atoms with van der Waals surface area (Å²) < 4.78 is 5.78. The van der Waals surface area contributed by atoms with E-state index in [1.165, 1.54) is 0 Å². The third-order valence-electron chi connectivity index (χ3n) is 4.39. The predicted molar refractivity (Wildman–Crippen MR) is 97.6 cm³/mol. The third kappa shape index (κ3) is 4.39. The van der Waals surface area contributed by atoms with E-state index in [1.54, 1.807) is 6.07 Å². The number of benzene rings is 1. The average molecular weight is 363 g/mol. The Labute approximate surface area is 152 Å². The number of amides is 1. The molecule has 6 nitrogen and oxygen atoms in total. The second-order valence-corrected chi connectivity index (χ2v) is 6.56. The van der Waals surface area contributed by atoms with E-state index < -0.39 is 0 Å². The number of rotatable bonds is 6. The van der Waals surface area contributed by atoms with E-state index in [4.69, 9.17) is 22.1 Å². The van der Waals surface area contributed by atoms with Crippen molar-refractivity contribution in [3.63, 3.8) is 0 Å². The van der Waals surface area contributed by atoms with Crippen LogP contribution in [0.3, 0.4) is 0 Å². The highest BCUT2D eigenvalue weighted by molar-refractivity contribution is 6.33. The van der Waals surface area contributed by atoms with Gasteiger partial charge < -0.3 is 15.4 Å². The standard InChI is InChI=1S/C18H23ClN4O2/c19-15-5-2-1-4-14(15)16-12-17(22-21-16)18(24)23-9-6-13(7-10-23)25-11-3-8-20/h1-2,4-5,12-13H,3,6-11,20H2,(H,21,22). The molecule has 0 radical (unpaired) electrons. The lowest BCUT2D eigenvalue weighted by atomic mass is 10.1. The molecule has 1 aliphatic rings. The van der Waals surface area contributed by atoms with Gasteiger partial charge in [0.2, 0.25) is 0 Å². The minimum atomic E-state index is -0.0359. The van der Waals surface area contributed by atoms with Gasteiger partial charge in [0.05, 0.1) is 16.8 Å². The molecule has 0 aliphatic carbocycles. The van der Waals surface area contributed by atoms with Crippen molar-refractivity contribution in [2.75, 3.05) is 26.2 Å². The number of carbonyl (C=O) groups is 1. The minimum absolute atomic E-state index is 0.0359. The summed E-state index contributed by atoms with van der Waals surface area (Å²) in [5.74, 6) is -0.0359. The molecule has 0 saturated carbocycles. The number of likely N-dealkylation sites (tertiary alicyclic amines) is 1. The summed E-state index contributed by atoms with van der Waals surface area (Å²) in [6.07, 6.45) is 2.79. The highest BCUT2D eigenvalue weighted by atomic mass is 35.5. The summed E-state index contributed by atoms with van der Waals surface area (Å²) in [4.78, 5) is 14.5. The van der Waals surface area contributed by atoms with Crippen molar-refractivity contribution >= 4 is 17.5 Å². The molecule has 134 valence electrons. The van der Waals surface area contributed by atoms with Gasteiger partial charge in [0.15, 0.2) is 0 Å². The number of H-pyrrole nitrogens is 1. The van der Waals surface area contributed by atoms with E-state index in [0.717, 1.165) is 24.8 Å². The van der Waals surface area contributed by atoms with Crippen molar-refractivity contribution in [1.82, 2.24) is 15.1 Å². The second kappa shape index (κ2) is 8.47. The maximum absolute atomic E-state index is 12.7. The molecular weight excluding hydrogens is 340 g/mol. The zero-order valence-electron chi connectivity index (χ0n) is 14.1. The first-order valence-electron chi connectivity index (χ1n) is 8.60. The fourth-order valence-corrected chi connectivity index (χ4v) is 3.20. The normalized spacial score (nSPS) is 15.5. The molecule has 2 aromatic rings. The van der Waals surface area contributed by atoms with Gasteiger partial charge in [-0.1, -0.05) is 29.8 Å². The summed E-state index contributed by atoms with van der Waals surface area (Å²) in [5.41, 5.74) is 7.44. The topological polar surface area (TPSA) is 84.2 Å². The Morgan fingerprint density at radius 3 is 2.84 bits per heavy atom. The lowest BCUT2D eigenvalue weighted by molar-refractivity contribution is 0.00829. The third-order valence-corrected chi connectivity index (χ3v) is 4.72. The van der Waals surface area contributed by atoms with E-state index in [-0.39, 0.29) is 12.0 Å². The highest BCUT2D eigenvalue weighted by Gasteiger charge is 2.25. The van der Waals surface area contributed by atoms with Crippen LogP contribution in [0.2, 0.25) is 5.02 Å². The van der Waals surface area contributed by atoms with Gasteiger partial charge in [-0.3, -0.25) is 9.89 Å². The van der Waals surface area contributed by atoms with Crippen molar-refractivity contribution in [2.24, 2.45) is 5.73 Å². The summed E-state index contributed by atoms with van der Waals surface area (Å²) >= 11 is 6.19. The van der Waals surface area contributed by atoms with E-state index in [1.807, 2.05) is 29.2 Å². The number of halogens is 1. The first-order valence-corrected chi connectivity index (χ1v) is 8.98. The molecule has 1 aromatic carbocycles. The Morgan fingerprint density at radius 2 is 2.12 bits per heavy atom. The monoisotopic (exact) mass is 362 g/mol. The Bertz CT molecular complexity index is 711. The van der Waals surface area contributed by atoms with Gasteiger partial charge in [0, 0.05) is 25.3 Å². The largest absolute Gasteiger partial charge is 0.378 e. The number of aromatic nitrogens is 2.